The molecule has 0 heterocycles. The van der Waals surface area contributed by atoms with E-state index in [2.05, 4.69) is 4.43 Å². The predicted octanol–water partition coefficient (Wildman–Crippen LogP) is -0.601. The van der Waals surface area contributed by atoms with Crippen molar-refractivity contribution in [1.29, 1.82) is 0 Å². The molecular formula is C7H14O4Si. The second-order valence-corrected chi connectivity index (χ2v) is 3.56. The van der Waals surface area contributed by atoms with Gasteiger partial charge in [0.25, 0.3) is 0 Å². The summed E-state index contributed by atoms with van der Waals surface area (Å²) in [6.07, 6.45) is 0. The van der Waals surface area contributed by atoms with Gasteiger partial charge < -0.3 is 9.16 Å². The van der Waals surface area contributed by atoms with E-state index in [1.807, 2.05) is 0 Å². The van der Waals surface area contributed by atoms with Gasteiger partial charge in [0.1, 0.15) is 6.61 Å². The normalized spacial score (nSPS) is 10.9. The Morgan fingerprint density at radius 1 is 1.42 bits per heavy atom. The molecule has 0 spiro atoms. The Balaban J connectivity index is 4.03. The maximum Gasteiger partial charge on any atom is 0.302 e. The molecule has 0 aliphatic carbocycles. The van der Waals surface area contributed by atoms with E-state index in [0.29, 0.717) is 10.5 Å². The molecule has 0 unspecified atom stereocenters. The summed E-state index contributed by atoms with van der Waals surface area (Å²) in [5, 5.41) is 0. The third kappa shape index (κ3) is 3.52. The van der Waals surface area contributed by atoms with Gasteiger partial charge in [-0.15, -0.1) is 0 Å². The van der Waals surface area contributed by atoms with Crippen molar-refractivity contribution < 1.29 is 18.8 Å². The molecule has 0 fully saturated rings. The first kappa shape index (κ1) is 11.2. The van der Waals surface area contributed by atoms with Crippen LogP contribution in [-0.4, -0.2) is 29.0 Å². The van der Waals surface area contributed by atoms with Crippen molar-refractivity contribution in [2.75, 3.05) is 6.61 Å². The summed E-state index contributed by atoms with van der Waals surface area (Å²) in [6.45, 7) is 4.73. The highest BCUT2D eigenvalue weighted by Gasteiger charge is 2.29. The molecule has 0 amide bonds. The maximum atomic E-state index is 11.1. The molecule has 0 aliphatic heterocycles. The fourth-order valence-electron chi connectivity index (χ4n) is 0.617. The SMILES string of the molecule is CC(=O)OCC(C)(C)C(=O)O[SiH3]. The number of hydrogen-bond acceptors (Lipinski definition) is 4. The van der Waals surface area contributed by atoms with Crippen LogP contribution < -0.4 is 0 Å². The van der Waals surface area contributed by atoms with Crippen LogP contribution in [0.1, 0.15) is 20.8 Å². The van der Waals surface area contributed by atoms with Crippen LogP contribution in [0.2, 0.25) is 0 Å². The number of carbonyl (C=O) groups excluding carboxylic acids is 2. The van der Waals surface area contributed by atoms with E-state index in [1.54, 1.807) is 13.8 Å². The van der Waals surface area contributed by atoms with Gasteiger partial charge in [-0.05, 0) is 13.8 Å². The molecule has 0 atom stereocenters. The minimum atomic E-state index is -0.729. The lowest BCUT2D eigenvalue weighted by atomic mass is 9.95. The summed E-state index contributed by atoms with van der Waals surface area (Å²) in [5.74, 6) is -0.709. The van der Waals surface area contributed by atoms with Crippen LogP contribution in [-0.2, 0) is 18.8 Å². The highest BCUT2D eigenvalue weighted by molar-refractivity contribution is 6.06. The molecule has 5 heteroatoms. The lowest BCUT2D eigenvalue weighted by Gasteiger charge is -2.20. The van der Waals surface area contributed by atoms with Crippen molar-refractivity contribution in [3.8, 4) is 0 Å². The molecule has 0 aromatic rings. The quantitative estimate of drug-likeness (QED) is 0.440. The van der Waals surface area contributed by atoms with Crippen LogP contribution in [0.15, 0.2) is 0 Å². The Hall–Kier alpha value is -0.843. The summed E-state index contributed by atoms with van der Waals surface area (Å²) in [6, 6.07) is 0. The van der Waals surface area contributed by atoms with Crippen molar-refractivity contribution >= 4 is 22.4 Å². The van der Waals surface area contributed by atoms with Gasteiger partial charge in [-0.25, -0.2) is 0 Å². The van der Waals surface area contributed by atoms with Crippen LogP contribution in [0.25, 0.3) is 0 Å². The Morgan fingerprint density at radius 2 is 1.92 bits per heavy atom. The van der Waals surface area contributed by atoms with Crippen molar-refractivity contribution in [3.05, 3.63) is 0 Å². The molecule has 0 radical (unpaired) electrons. The Bertz CT molecular complexity index is 188. The van der Waals surface area contributed by atoms with Crippen LogP contribution in [0, 0.1) is 5.41 Å². The first-order chi connectivity index (χ1) is 5.40. The highest BCUT2D eigenvalue weighted by Crippen LogP contribution is 2.16. The second kappa shape index (κ2) is 4.25. The molecule has 4 nitrogen and oxygen atoms in total. The van der Waals surface area contributed by atoms with E-state index >= 15 is 0 Å². The standard InChI is InChI=1S/C7H14O4Si/c1-5(8)10-4-7(2,3)6(9)11-12/h4H2,1-3,12H3. The fourth-order valence-corrected chi connectivity index (χ4v) is 1.17. The number of carbonyl (C=O) groups is 2. The van der Waals surface area contributed by atoms with E-state index in [-0.39, 0.29) is 18.5 Å². The number of hydrogen-bond donors (Lipinski definition) is 0. The van der Waals surface area contributed by atoms with Crippen molar-refractivity contribution in [3.63, 3.8) is 0 Å². The van der Waals surface area contributed by atoms with E-state index in [9.17, 15) is 9.59 Å². The molecular weight excluding hydrogens is 176 g/mol. The van der Waals surface area contributed by atoms with Crippen molar-refractivity contribution in [2.45, 2.75) is 20.8 Å². The molecule has 12 heavy (non-hydrogen) atoms. The van der Waals surface area contributed by atoms with Crippen LogP contribution in [0.3, 0.4) is 0 Å². The Labute approximate surface area is 74.8 Å². The first-order valence-corrected chi connectivity index (χ1v) is 4.43. The average Bonchev–Trinajstić information content (AvgIpc) is 1.99. The Morgan fingerprint density at radius 3 is 2.25 bits per heavy atom. The zero-order valence-electron chi connectivity index (χ0n) is 7.84. The number of esters is 1. The monoisotopic (exact) mass is 190 g/mol. The zero-order chi connectivity index (χ0) is 9.78. The van der Waals surface area contributed by atoms with E-state index < -0.39 is 5.41 Å². The molecule has 0 aliphatic rings. The second-order valence-electron chi connectivity index (χ2n) is 3.16. The zero-order valence-corrected chi connectivity index (χ0v) is 9.84. The molecule has 0 N–H and O–H groups in total. The first-order valence-electron chi connectivity index (χ1n) is 3.62. The van der Waals surface area contributed by atoms with Crippen LogP contribution in [0.5, 0.6) is 0 Å². The van der Waals surface area contributed by atoms with Gasteiger partial charge in [-0.2, -0.15) is 0 Å². The average molecular weight is 190 g/mol. The van der Waals surface area contributed by atoms with Gasteiger partial charge in [0.05, 0.1) is 5.41 Å². The smallest absolute Gasteiger partial charge is 0.302 e. The van der Waals surface area contributed by atoms with Crippen molar-refractivity contribution in [1.82, 2.24) is 0 Å². The van der Waals surface area contributed by atoms with Gasteiger partial charge in [0.15, 0.2) is 0 Å². The molecule has 0 bridgehead atoms. The topological polar surface area (TPSA) is 52.6 Å². The molecule has 0 aromatic carbocycles. The molecule has 0 saturated heterocycles. The summed E-state index contributed by atoms with van der Waals surface area (Å²) in [4.78, 5) is 21.5. The van der Waals surface area contributed by atoms with Gasteiger partial charge >= 0.3 is 11.9 Å². The minimum Gasteiger partial charge on any atom is -0.528 e. The van der Waals surface area contributed by atoms with Gasteiger partial charge in [0, 0.05) is 6.92 Å². The van der Waals surface area contributed by atoms with E-state index in [0.717, 1.165) is 0 Å². The number of rotatable bonds is 3. The van der Waals surface area contributed by atoms with Crippen LogP contribution in [0.4, 0.5) is 0 Å². The van der Waals surface area contributed by atoms with E-state index in [1.165, 1.54) is 6.92 Å². The third-order valence-corrected chi connectivity index (χ3v) is 1.75. The molecule has 0 saturated carbocycles. The maximum absolute atomic E-state index is 11.1. The lowest BCUT2D eigenvalue weighted by Crippen LogP contribution is -2.31. The lowest BCUT2D eigenvalue weighted by molar-refractivity contribution is -0.153. The summed E-state index contributed by atoms with van der Waals surface area (Å²) < 4.78 is 9.36. The fraction of sp³-hybridized carbons (Fsp3) is 0.714. The number of ether oxygens (including phenoxy) is 1. The third-order valence-electron chi connectivity index (χ3n) is 1.37. The van der Waals surface area contributed by atoms with Gasteiger partial charge in [-0.3, -0.25) is 9.59 Å². The highest BCUT2D eigenvalue weighted by atomic mass is 28.2. The summed E-state index contributed by atoms with van der Waals surface area (Å²) in [7, 11) is 0.367. The van der Waals surface area contributed by atoms with E-state index in [4.69, 9.17) is 4.74 Å². The largest absolute Gasteiger partial charge is 0.528 e. The van der Waals surface area contributed by atoms with Crippen LogP contribution >= 0.6 is 0 Å². The summed E-state index contributed by atoms with van der Waals surface area (Å²) in [5.41, 5.74) is -0.729. The molecule has 0 rings (SSSR count). The minimum absolute atomic E-state index is 0.0728. The molecule has 70 valence electrons. The van der Waals surface area contributed by atoms with Crippen molar-refractivity contribution in [2.24, 2.45) is 5.41 Å². The van der Waals surface area contributed by atoms with Gasteiger partial charge in [0.2, 0.25) is 10.5 Å². The van der Waals surface area contributed by atoms with Gasteiger partial charge in [-0.1, -0.05) is 0 Å². The summed E-state index contributed by atoms with van der Waals surface area (Å²) >= 11 is 0. The predicted molar refractivity (Wildman–Crippen MR) is 46.4 cm³/mol. The molecule has 0 aromatic heterocycles. The Kier molecular flexibility index (Phi) is 3.95.